The zero-order valence-corrected chi connectivity index (χ0v) is 14.9. The van der Waals surface area contributed by atoms with Gasteiger partial charge in [0.2, 0.25) is 5.91 Å². The molecule has 8 nitrogen and oxygen atoms in total. The van der Waals surface area contributed by atoms with Gasteiger partial charge in [-0.15, -0.1) is 11.8 Å². The molecule has 0 saturated heterocycles. The van der Waals surface area contributed by atoms with Gasteiger partial charge in [0, 0.05) is 17.8 Å². The number of amides is 2. The van der Waals surface area contributed by atoms with Crippen LogP contribution in [0.3, 0.4) is 0 Å². The van der Waals surface area contributed by atoms with Crippen molar-refractivity contribution in [2.45, 2.75) is 6.92 Å². The maximum atomic E-state index is 13.0. The third-order valence-electron chi connectivity index (χ3n) is 2.86. The largest absolute Gasteiger partial charge is 0.455 e. The summed E-state index contributed by atoms with van der Waals surface area (Å²) in [5, 5.41) is 8.27. The quantitative estimate of drug-likeness (QED) is 0.654. The van der Waals surface area contributed by atoms with Crippen LogP contribution in [-0.4, -0.2) is 41.1 Å². The molecule has 0 radical (unpaired) electrons. The monoisotopic (exact) mass is 399 g/mol. The Bertz CT molecular complexity index is 823. The van der Waals surface area contributed by atoms with Crippen molar-refractivity contribution in [1.82, 2.24) is 5.16 Å². The lowest BCUT2D eigenvalue weighted by atomic mass is 10.3. The standard InChI is InChI=1S/C16H15F2N3O5S/c1-9-2-13(21-26-9)20-15(23)7-27-8-16(24)25-6-14(22)19-12-4-10(17)3-11(18)5-12/h2-5H,6-8H2,1H3,(H,19,22)(H,20,21,23). The van der Waals surface area contributed by atoms with Gasteiger partial charge in [-0.05, 0) is 19.1 Å². The number of aromatic nitrogens is 1. The molecule has 1 aromatic heterocycles. The predicted molar refractivity (Wildman–Crippen MR) is 93.1 cm³/mol. The lowest BCUT2D eigenvalue weighted by Crippen LogP contribution is -2.22. The maximum Gasteiger partial charge on any atom is 0.316 e. The van der Waals surface area contributed by atoms with Gasteiger partial charge >= 0.3 is 5.97 Å². The van der Waals surface area contributed by atoms with Crippen molar-refractivity contribution in [2.24, 2.45) is 0 Å². The first-order valence-corrected chi connectivity index (χ1v) is 8.70. The lowest BCUT2D eigenvalue weighted by Gasteiger charge is -2.07. The van der Waals surface area contributed by atoms with Gasteiger partial charge in [-0.25, -0.2) is 8.78 Å². The van der Waals surface area contributed by atoms with Crippen LogP contribution in [0.2, 0.25) is 0 Å². The van der Waals surface area contributed by atoms with Crippen molar-refractivity contribution in [3.63, 3.8) is 0 Å². The molecule has 1 heterocycles. The maximum absolute atomic E-state index is 13.0. The molecule has 2 aromatic rings. The molecular formula is C16H15F2N3O5S. The summed E-state index contributed by atoms with van der Waals surface area (Å²) < 4.78 is 35.5. The van der Waals surface area contributed by atoms with E-state index in [1.54, 1.807) is 13.0 Å². The van der Waals surface area contributed by atoms with Gasteiger partial charge in [-0.3, -0.25) is 14.4 Å². The summed E-state index contributed by atoms with van der Waals surface area (Å²) in [7, 11) is 0. The number of carbonyl (C=O) groups is 3. The highest BCUT2D eigenvalue weighted by Crippen LogP contribution is 2.13. The second-order valence-corrected chi connectivity index (χ2v) is 6.22. The predicted octanol–water partition coefficient (Wildman–Crippen LogP) is 2.11. The van der Waals surface area contributed by atoms with E-state index in [2.05, 4.69) is 15.8 Å². The van der Waals surface area contributed by atoms with Crippen LogP contribution in [0.4, 0.5) is 20.3 Å². The number of halogens is 2. The van der Waals surface area contributed by atoms with Gasteiger partial charge in [-0.1, -0.05) is 5.16 Å². The minimum Gasteiger partial charge on any atom is -0.455 e. The first-order valence-electron chi connectivity index (χ1n) is 7.54. The van der Waals surface area contributed by atoms with E-state index >= 15 is 0 Å². The van der Waals surface area contributed by atoms with E-state index in [0.29, 0.717) is 11.8 Å². The zero-order valence-electron chi connectivity index (χ0n) is 14.1. The minimum absolute atomic E-state index is 0.0320. The van der Waals surface area contributed by atoms with Crippen LogP contribution in [0.5, 0.6) is 0 Å². The molecule has 0 spiro atoms. The number of hydrogen-bond acceptors (Lipinski definition) is 7. The SMILES string of the molecule is Cc1cc(NC(=O)CSCC(=O)OCC(=O)Nc2cc(F)cc(F)c2)no1. The summed E-state index contributed by atoms with van der Waals surface area (Å²) in [5.74, 6) is -2.93. The summed E-state index contributed by atoms with van der Waals surface area (Å²) in [6, 6.07) is 4.05. The van der Waals surface area contributed by atoms with Crippen LogP contribution in [-0.2, 0) is 19.1 Å². The number of nitrogens with one attached hydrogen (secondary N) is 2. The number of hydrogen-bond donors (Lipinski definition) is 2. The van der Waals surface area contributed by atoms with Crippen molar-refractivity contribution in [1.29, 1.82) is 0 Å². The third-order valence-corrected chi connectivity index (χ3v) is 3.77. The Kier molecular flexibility index (Phi) is 7.29. The molecule has 0 bridgehead atoms. The molecule has 0 saturated carbocycles. The minimum atomic E-state index is -0.849. The van der Waals surface area contributed by atoms with Gasteiger partial charge in [0.05, 0.1) is 11.5 Å². The van der Waals surface area contributed by atoms with Gasteiger partial charge < -0.3 is 19.9 Å². The van der Waals surface area contributed by atoms with Crippen LogP contribution in [0.25, 0.3) is 0 Å². The van der Waals surface area contributed by atoms with Crippen molar-refractivity contribution < 1.29 is 32.4 Å². The second kappa shape index (κ2) is 9.67. The van der Waals surface area contributed by atoms with Crippen molar-refractivity contribution in [3.8, 4) is 0 Å². The van der Waals surface area contributed by atoms with E-state index in [1.165, 1.54) is 0 Å². The molecular weight excluding hydrogens is 384 g/mol. The number of aryl methyl sites for hydroxylation is 1. The molecule has 2 N–H and O–H groups in total. The fraction of sp³-hybridized carbons (Fsp3) is 0.250. The van der Waals surface area contributed by atoms with E-state index in [-0.39, 0.29) is 28.9 Å². The Morgan fingerprint density at radius 1 is 1.07 bits per heavy atom. The van der Waals surface area contributed by atoms with Crippen LogP contribution in [0, 0.1) is 18.6 Å². The van der Waals surface area contributed by atoms with Gasteiger partial charge in [-0.2, -0.15) is 0 Å². The van der Waals surface area contributed by atoms with Crippen molar-refractivity contribution in [3.05, 3.63) is 41.7 Å². The molecule has 0 aliphatic rings. The Morgan fingerprint density at radius 3 is 2.41 bits per heavy atom. The fourth-order valence-corrected chi connectivity index (χ4v) is 2.45. The number of rotatable bonds is 8. The van der Waals surface area contributed by atoms with E-state index in [0.717, 1.165) is 23.9 Å². The number of ether oxygens (including phenoxy) is 1. The second-order valence-electron chi connectivity index (χ2n) is 5.23. The summed E-state index contributed by atoms with van der Waals surface area (Å²) >= 11 is 0.979. The highest BCUT2D eigenvalue weighted by Gasteiger charge is 2.11. The molecule has 0 aliphatic carbocycles. The Balaban J connectivity index is 1.63. The van der Waals surface area contributed by atoms with Crippen molar-refractivity contribution >= 4 is 41.1 Å². The van der Waals surface area contributed by atoms with Gasteiger partial charge in [0.25, 0.3) is 5.91 Å². The van der Waals surface area contributed by atoms with Gasteiger partial charge in [0.15, 0.2) is 12.4 Å². The number of thioether (sulfide) groups is 1. The topological polar surface area (TPSA) is 111 Å². The third kappa shape index (κ3) is 7.44. The first kappa shape index (κ1) is 20.4. The van der Waals surface area contributed by atoms with Crippen LogP contribution in [0.1, 0.15) is 5.76 Å². The Labute approximate surface area is 156 Å². The fourth-order valence-electron chi connectivity index (χ4n) is 1.84. The first-order chi connectivity index (χ1) is 12.8. The molecule has 0 aliphatic heterocycles. The molecule has 27 heavy (non-hydrogen) atoms. The average molecular weight is 399 g/mol. The van der Waals surface area contributed by atoms with Gasteiger partial charge in [0.1, 0.15) is 17.4 Å². The average Bonchev–Trinajstić information content (AvgIpc) is 2.96. The molecule has 1 aromatic carbocycles. The van der Waals surface area contributed by atoms with E-state index in [4.69, 9.17) is 9.26 Å². The number of carbonyl (C=O) groups excluding carboxylic acids is 3. The Hall–Kier alpha value is -2.95. The zero-order chi connectivity index (χ0) is 19.8. The van der Waals surface area contributed by atoms with Crippen LogP contribution in [0.15, 0.2) is 28.8 Å². The number of nitrogens with zero attached hydrogens (tertiary/aromatic N) is 1. The molecule has 2 rings (SSSR count). The number of benzene rings is 1. The number of anilines is 2. The lowest BCUT2D eigenvalue weighted by molar-refractivity contribution is -0.144. The van der Waals surface area contributed by atoms with E-state index in [9.17, 15) is 23.2 Å². The molecule has 0 atom stereocenters. The molecule has 2 amide bonds. The number of esters is 1. The highest BCUT2D eigenvalue weighted by molar-refractivity contribution is 8.00. The van der Waals surface area contributed by atoms with E-state index in [1.807, 2.05) is 0 Å². The molecule has 0 fully saturated rings. The van der Waals surface area contributed by atoms with E-state index < -0.39 is 30.1 Å². The summed E-state index contributed by atoms with van der Waals surface area (Å²) in [5.41, 5.74) is -0.0947. The van der Waals surface area contributed by atoms with Crippen LogP contribution < -0.4 is 10.6 Å². The summed E-state index contributed by atoms with van der Waals surface area (Å²) in [4.78, 5) is 34.8. The summed E-state index contributed by atoms with van der Waals surface area (Å²) in [6.07, 6.45) is 0. The van der Waals surface area contributed by atoms with Crippen molar-refractivity contribution in [2.75, 3.05) is 28.7 Å². The smallest absolute Gasteiger partial charge is 0.316 e. The van der Waals surface area contributed by atoms with Crippen LogP contribution >= 0.6 is 11.8 Å². The summed E-state index contributed by atoms with van der Waals surface area (Å²) in [6.45, 7) is 1.05. The molecule has 11 heteroatoms. The molecule has 144 valence electrons. The Morgan fingerprint density at radius 2 is 1.78 bits per heavy atom. The highest BCUT2D eigenvalue weighted by atomic mass is 32.2. The molecule has 0 unspecified atom stereocenters. The normalized spacial score (nSPS) is 10.3.